The number of hydrogen-bond donors (Lipinski definition) is 2. The van der Waals surface area contributed by atoms with Crippen molar-refractivity contribution < 1.29 is 10.2 Å². The van der Waals surface area contributed by atoms with Crippen LogP contribution in [-0.2, 0) is 0 Å². The fourth-order valence-corrected chi connectivity index (χ4v) is 4.96. The molecule has 0 radical (unpaired) electrons. The van der Waals surface area contributed by atoms with E-state index in [1.807, 2.05) is 97.1 Å². The first kappa shape index (κ1) is 23.5. The van der Waals surface area contributed by atoms with E-state index in [0.29, 0.717) is 33.5 Å². The molecule has 6 heteroatoms. The minimum atomic E-state index is 0.139. The van der Waals surface area contributed by atoms with Crippen LogP contribution in [0.1, 0.15) is 11.1 Å². The average molecular weight is 519 g/mol. The largest absolute Gasteiger partial charge is 0.507 e. The molecule has 0 spiro atoms. The second-order valence-electron chi connectivity index (χ2n) is 9.50. The number of phenolic OH excluding ortho intramolecular Hbond substituents is 2. The second kappa shape index (κ2) is 9.60. The maximum atomic E-state index is 10.7. The third kappa shape index (κ3) is 4.18. The van der Waals surface area contributed by atoms with Gasteiger partial charge in [-0.05, 0) is 57.9 Å². The van der Waals surface area contributed by atoms with Gasteiger partial charge >= 0.3 is 0 Å². The Balaban J connectivity index is 1.42. The molecule has 0 saturated carbocycles. The molecule has 6 aromatic carbocycles. The van der Waals surface area contributed by atoms with Crippen LogP contribution in [0.3, 0.4) is 0 Å². The van der Waals surface area contributed by atoms with Crippen LogP contribution in [0.5, 0.6) is 11.5 Å². The molecular formula is C34H22N4O2. The van der Waals surface area contributed by atoms with Gasteiger partial charge in [0.25, 0.3) is 0 Å². The fraction of sp³-hybridized carbons (Fsp3) is 0. The highest BCUT2D eigenvalue weighted by Gasteiger charge is 2.11. The summed E-state index contributed by atoms with van der Waals surface area (Å²) in [7, 11) is 0. The van der Waals surface area contributed by atoms with E-state index in [0.717, 1.165) is 32.6 Å². The number of aromatic nitrogens is 2. The molecule has 0 amide bonds. The molecule has 40 heavy (non-hydrogen) atoms. The van der Waals surface area contributed by atoms with Crippen LogP contribution in [-0.4, -0.2) is 32.6 Å². The van der Waals surface area contributed by atoms with Crippen LogP contribution in [0.15, 0.2) is 119 Å². The highest BCUT2D eigenvalue weighted by Crippen LogP contribution is 2.35. The summed E-state index contributed by atoms with van der Waals surface area (Å²) in [5.74, 6) is 0.277. The molecule has 7 aromatic rings. The number of benzene rings is 6. The first-order chi connectivity index (χ1) is 19.6. The lowest BCUT2D eigenvalue weighted by atomic mass is 10.0. The summed E-state index contributed by atoms with van der Waals surface area (Å²) in [6.07, 6.45) is 3.31. The van der Waals surface area contributed by atoms with Crippen LogP contribution in [0.4, 0.5) is 11.4 Å². The lowest BCUT2D eigenvalue weighted by molar-refractivity contribution is 0.475. The normalized spacial score (nSPS) is 12.0. The van der Waals surface area contributed by atoms with E-state index in [1.54, 1.807) is 24.6 Å². The number of para-hydroxylation sites is 2. The van der Waals surface area contributed by atoms with E-state index in [-0.39, 0.29) is 11.5 Å². The van der Waals surface area contributed by atoms with Crippen molar-refractivity contribution in [3.05, 3.63) is 120 Å². The van der Waals surface area contributed by atoms with Crippen LogP contribution in [0, 0.1) is 0 Å². The lowest BCUT2D eigenvalue weighted by Crippen LogP contribution is -1.89. The Hall–Kier alpha value is -5.62. The summed E-state index contributed by atoms with van der Waals surface area (Å²) >= 11 is 0. The summed E-state index contributed by atoms with van der Waals surface area (Å²) < 4.78 is 0. The van der Waals surface area contributed by atoms with E-state index in [1.165, 1.54) is 0 Å². The van der Waals surface area contributed by atoms with Gasteiger partial charge < -0.3 is 10.2 Å². The number of hydrogen-bond acceptors (Lipinski definition) is 6. The molecular weight excluding hydrogens is 496 g/mol. The molecule has 0 aliphatic carbocycles. The molecule has 0 aliphatic heterocycles. The smallest absolute Gasteiger partial charge is 0.124 e. The van der Waals surface area contributed by atoms with Crippen molar-refractivity contribution >= 4 is 67.4 Å². The van der Waals surface area contributed by atoms with Crippen LogP contribution in [0.2, 0.25) is 0 Å². The standard InChI is InChI=1S/C34H22N4O2/c39-33-15-13-21-7-1-3-9-23(21)25(33)19-35-29-17-31-32(38-28-12-6-5-11-27(28)37-31)18-30(29)36-20-26-24-10-4-2-8-22(24)14-16-34(26)40/h1-20,39-40H. The van der Waals surface area contributed by atoms with E-state index in [4.69, 9.17) is 20.0 Å². The number of aliphatic imine (C=N–C) groups is 2. The van der Waals surface area contributed by atoms with E-state index < -0.39 is 0 Å². The predicted molar refractivity (Wildman–Crippen MR) is 163 cm³/mol. The third-order valence-electron chi connectivity index (χ3n) is 7.00. The van der Waals surface area contributed by atoms with Gasteiger partial charge in [0.2, 0.25) is 0 Å². The van der Waals surface area contributed by atoms with E-state index >= 15 is 0 Å². The first-order valence-corrected chi connectivity index (χ1v) is 12.8. The van der Waals surface area contributed by atoms with Gasteiger partial charge in [0.1, 0.15) is 11.5 Å². The third-order valence-corrected chi connectivity index (χ3v) is 7.00. The molecule has 0 unspecified atom stereocenters. The van der Waals surface area contributed by atoms with Crippen molar-refractivity contribution in [3.63, 3.8) is 0 Å². The minimum absolute atomic E-state index is 0.139. The molecule has 0 atom stereocenters. The van der Waals surface area contributed by atoms with Gasteiger partial charge in [0.05, 0.1) is 33.4 Å². The lowest BCUT2D eigenvalue weighted by Gasteiger charge is -2.08. The zero-order valence-electron chi connectivity index (χ0n) is 21.2. The highest BCUT2D eigenvalue weighted by atomic mass is 16.3. The number of fused-ring (bicyclic) bond motifs is 4. The van der Waals surface area contributed by atoms with Gasteiger partial charge in [0, 0.05) is 23.6 Å². The van der Waals surface area contributed by atoms with Crippen LogP contribution in [0.25, 0.3) is 43.6 Å². The van der Waals surface area contributed by atoms with Gasteiger partial charge in [-0.15, -0.1) is 0 Å². The monoisotopic (exact) mass is 518 g/mol. The van der Waals surface area contributed by atoms with Crippen molar-refractivity contribution in [2.45, 2.75) is 0 Å². The fourth-order valence-electron chi connectivity index (χ4n) is 4.96. The highest BCUT2D eigenvalue weighted by molar-refractivity contribution is 6.05. The molecule has 0 fully saturated rings. The quantitative estimate of drug-likeness (QED) is 0.182. The van der Waals surface area contributed by atoms with Gasteiger partial charge in [-0.25, -0.2) is 9.97 Å². The number of nitrogens with zero attached hydrogens (tertiary/aromatic N) is 4. The molecule has 7 rings (SSSR count). The molecule has 2 N–H and O–H groups in total. The maximum Gasteiger partial charge on any atom is 0.124 e. The van der Waals surface area contributed by atoms with Crippen molar-refractivity contribution in [3.8, 4) is 11.5 Å². The van der Waals surface area contributed by atoms with Crippen molar-refractivity contribution in [2.75, 3.05) is 0 Å². The zero-order chi connectivity index (χ0) is 27.1. The molecule has 0 bridgehead atoms. The molecule has 0 saturated heterocycles. The second-order valence-corrected chi connectivity index (χ2v) is 9.50. The Morgan fingerprint density at radius 3 is 1.38 bits per heavy atom. The van der Waals surface area contributed by atoms with Crippen LogP contribution >= 0.6 is 0 Å². The number of phenols is 2. The Morgan fingerprint density at radius 2 is 0.900 bits per heavy atom. The van der Waals surface area contributed by atoms with Gasteiger partial charge in [0.15, 0.2) is 0 Å². The van der Waals surface area contributed by atoms with Crippen LogP contribution < -0.4 is 0 Å². The van der Waals surface area contributed by atoms with Gasteiger partial charge in [-0.2, -0.15) is 0 Å². The SMILES string of the molecule is Oc1ccc2ccccc2c1C=Nc1cc2nc3ccccc3nc2cc1N=Cc1c(O)ccc2ccccc12. The Labute approximate surface area is 229 Å². The summed E-state index contributed by atoms with van der Waals surface area (Å²) in [4.78, 5) is 19.2. The molecule has 190 valence electrons. The van der Waals surface area contributed by atoms with Gasteiger partial charge in [-0.3, -0.25) is 9.98 Å². The number of aromatic hydroxyl groups is 2. The zero-order valence-corrected chi connectivity index (χ0v) is 21.2. The topological polar surface area (TPSA) is 91.0 Å². The molecule has 1 heterocycles. The summed E-state index contributed by atoms with van der Waals surface area (Å²) in [6.45, 7) is 0. The Kier molecular flexibility index (Phi) is 5.64. The molecule has 1 aromatic heterocycles. The first-order valence-electron chi connectivity index (χ1n) is 12.8. The van der Waals surface area contributed by atoms with Crippen molar-refractivity contribution in [2.24, 2.45) is 9.98 Å². The number of rotatable bonds is 4. The summed E-state index contributed by atoms with van der Waals surface area (Å²) in [5.41, 5.74) is 5.27. The van der Waals surface area contributed by atoms with Crippen molar-refractivity contribution in [1.29, 1.82) is 0 Å². The maximum absolute atomic E-state index is 10.7. The van der Waals surface area contributed by atoms with E-state index in [9.17, 15) is 10.2 Å². The summed E-state index contributed by atoms with van der Waals surface area (Å²) in [6, 6.07) is 34.2. The van der Waals surface area contributed by atoms with Crippen molar-refractivity contribution in [1.82, 2.24) is 9.97 Å². The Morgan fingerprint density at radius 1 is 0.475 bits per heavy atom. The average Bonchev–Trinajstić information content (AvgIpc) is 2.99. The molecule has 6 nitrogen and oxygen atoms in total. The summed E-state index contributed by atoms with van der Waals surface area (Å²) in [5, 5.41) is 25.1. The van der Waals surface area contributed by atoms with E-state index in [2.05, 4.69) is 0 Å². The van der Waals surface area contributed by atoms with Gasteiger partial charge in [-0.1, -0.05) is 72.8 Å². The predicted octanol–water partition coefficient (Wildman–Crippen LogP) is 8.00. The minimum Gasteiger partial charge on any atom is -0.507 e. The molecule has 0 aliphatic rings. The Bertz CT molecular complexity index is 2000.